The number of rotatable bonds is 5. The van der Waals surface area contributed by atoms with Gasteiger partial charge in [0.1, 0.15) is 5.82 Å². The maximum Gasteiger partial charge on any atom is 0.199 e. The molecule has 1 aliphatic carbocycles. The van der Waals surface area contributed by atoms with Gasteiger partial charge in [-0.3, -0.25) is 0 Å². The Labute approximate surface area is 173 Å². The first-order valence-corrected chi connectivity index (χ1v) is 10.0. The SMILES string of the molecule is COc1cc2[nH]c(=S)nc(Nc3ccc(C4CC4)c4ccccc34)c2cc1OC. The topological polar surface area (TPSA) is 59.2 Å². The van der Waals surface area contributed by atoms with Crippen LogP contribution >= 0.6 is 12.2 Å². The van der Waals surface area contributed by atoms with Crippen LogP contribution in [-0.4, -0.2) is 24.2 Å². The van der Waals surface area contributed by atoms with E-state index in [4.69, 9.17) is 21.7 Å². The van der Waals surface area contributed by atoms with Crippen LogP contribution in [0.25, 0.3) is 21.7 Å². The Hall–Kier alpha value is -3.12. The van der Waals surface area contributed by atoms with Crippen LogP contribution in [0.5, 0.6) is 11.5 Å². The smallest absolute Gasteiger partial charge is 0.199 e. The fraction of sp³-hybridized carbons (Fsp3) is 0.217. The van der Waals surface area contributed by atoms with E-state index in [-0.39, 0.29) is 0 Å². The maximum absolute atomic E-state index is 5.48. The van der Waals surface area contributed by atoms with E-state index in [9.17, 15) is 0 Å². The predicted molar refractivity (Wildman–Crippen MR) is 119 cm³/mol. The fourth-order valence-electron chi connectivity index (χ4n) is 3.89. The monoisotopic (exact) mass is 403 g/mol. The third-order valence-corrected chi connectivity index (χ3v) is 5.66. The number of methoxy groups -OCH3 is 2. The Morgan fingerprint density at radius 1 is 0.966 bits per heavy atom. The normalized spacial score (nSPS) is 13.6. The van der Waals surface area contributed by atoms with Crippen LogP contribution in [0.15, 0.2) is 48.5 Å². The van der Waals surface area contributed by atoms with Crippen molar-refractivity contribution in [1.29, 1.82) is 0 Å². The van der Waals surface area contributed by atoms with Gasteiger partial charge in [0.05, 0.1) is 19.7 Å². The predicted octanol–water partition coefficient (Wildman–Crippen LogP) is 6.08. The Morgan fingerprint density at radius 3 is 2.41 bits per heavy atom. The second-order valence-electron chi connectivity index (χ2n) is 7.29. The summed E-state index contributed by atoms with van der Waals surface area (Å²) in [4.78, 5) is 7.70. The lowest BCUT2D eigenvalue weighted by Gasteiger charge is -2.15. The van der Waals surface area contributed by atoms with Crippen molar-refractivity contribution in [2.45, 2.75) is 18.8 Å². The average Bonchev–Trinajstić information content (AvgIpc) is 3.58. The van der Waals surface area contributed by atoms with Gasteiger partial charge in [-0.25, -0.2) is 4.98 Å². The summed E-state index contributed by atoms with van der Waals surface area (Å²) in [6.07, 6.45) is 2.55. The molecule has 5 nitrogen and oxygen atoms in total. The second kappa shape index (κ2) is 7.04. The van der Waals surface area contributed by atoms with Crippen molar-refractivity contribution in [3.63, 3.8) is 0 Å². The Balaban J connectivity index is 1.67. The lowest BCUT2D eigenvalue weighted by molar-refractivity contribution is 0.356. The van der Waals surface area contributed by atoms with Gasteiger partial charge in [0.25, 0.3) is 0 Å². The number of H-pyrrole nitrogens is 1. The number of nitrogens with one attached hydrogen (secondary N) is 2. The molecule has 1 saturated carbocycles. The Kier molecular flexibility index (Phi) is 4.36. The summed E-state index contributed by atoms with van der Waals surface area (Å²) in [5, 5.41) is 6.88. The van der Waals surface area contributed by atoms with E-state index in [2.05, 4.69) is 51.7 Å². The van der Waals surface area contributed by atoms with Gasteiger partial charge in [-0.05, 0) is 54.1 Å². The van der Waals surface area contributed by atoms with Crippen LogP contribution in [0, 0.1) is 4.77 Å². The molecule has 0 unspecified atom stereocenters. The number of ether oxygens (including phenoxy) is 2. The summed E-state index contributed by atoms with van der Waals surface area (Å²) >= 11 is 5.36. The molecule has 3 aromatic carbocycles. The van der Waals surface area contributed by atoms with Crippen molar-refractivity contribution in [3.8, 4) is 11.5 Å². The van der Waals surface area contributed by atoms with E-state index < -0.39 is 0 Å². The molecule has 1 aromatic heterocycles. The van der Waals surface area contributed by atoms with E-state index in [1.807, 2.05) is 12.1 Å². The van der Waals surface area contributed by atoms with Crippen molar-refractivity contribution in [2.75, 3.05) is 19.5 Å². The number of aromatic amines is 1. The van der Waals surface area contributed by atoms with Gasteiger partial charge in [-0.1, -0.05) is 30.3 Å². The van der Waals surface area contributed by atoms with Crippen LogP contribution in [0.2, 0.25) is 0 Å². The first-order valence-electron chi connectivity index (χ1n) is 9.62. The van der Waals surface area contributed by atoms with Crippen molar-refractivity contribution < 1.29 is 9.47 Å². The summed E-state index contributed by atoms with van der Waals surface area (Å²) in [6, 6.07) is 16.7. The third-order valence-electron chi connectivity index (χ3n) is 5.46. The molecule has 1 heterocycles. The van der Waals surface area contributed by atoms with E-state index in [1.54, 1.807) is 14.2 Å². The molecule has 4 aromatic rings. The van der Waals surface area contributed by atoms with Crippen LogP contribution < -0.4 is 14.8 Å². The maximum atomic E-state index is 5.48. The number of hydrogen-bond donors (Lipinski definition) is 2. The number of nitrogens with zero attached hydrogens (tertiary/aromatic N) is 1. The highest BCUT2D eigenvalue weighted by Gasteiger charge is 2.25. The van der Waals surface area contributed by atoms with Gasteiger partial charge in [-0.15, -0.1) is 0 Å². The number of fused-ring (bicyclic) bond motifs is 2. The number of aromatic nitrogens is 2. The van der Waals surface area contributed by atoms with Crippen LogP contribution in [0.4, 0.5) is 11.5 Å². The van der Waals surface area contributed by atoms with Gasteiger partial charge in [-0.2, -0.15) is 0 Å². The number of anilines is 2. The first kappa shape index (κ1) is 17.9. The van der Waals surface area contributed by atoms with Gasteiger partial charge < -0.3 is 19.8 Å². The summed E-state index contributed by atoms with van der Waals surface area (Å²) < 4.78 is 11.3. The van der Waals surface area contributed by atoms with Crippen molar-refractivity contribution in [2.24, 2.45) is 0 Å². The average molecular weight is 404 g/mol. The highest BCUT2D eigenvalue weighted by atomic mass is 32.1. The first-order chi connectivity index (χ1) is 14.2. The molecular weight excluding hydrogens is 382 g/mol. The zero-order chi connectivity index (χ0) is 20.0. The van der Waals surface area contributed by atoms with Gasteiger partial charge in [0.15, 0.2) is 16.3 Å². The van der Waals surface area contributed by atoms with E-state index in [0.717, 1.165) is 16.6 Å². The highest BCUT2D eigenvalue weighted by molar-refractivity contribution is 7.71. The summed E-state index contributed by atoms with van der Waals surface area (Å²) in [5.41, 5.74) is 3.28. The van der Waals surface area contributed by atoms with Crippen LogP contribution in [0.1, 0.15) is 24.3 Å². The molecule has 6 heteroatoms. The standard InChI is InChI=1S/C23H21N3O2S/c1-27-20-11-17-19(12-21(20)28-2)25-23(29)26-22(17)24-18-10-9-14(13-7-8-13)15-5-3-4-6-16(15)18/h3-6,9-13H,7-8H2,1-2H3,(H2,24,25,26,29). The quantitative estimate of drug-likeness (QED) is 0.395. The molecule has 29 heavy (non-hydrogen) atoms. The minimum absolute atomic E-state index is 0.408. The number of benzene rings is 3. The Bertz CT molecular complexity index is 1290. The zero-order valence-corrected chi connectivity index (χ0v) is 17.1. The van der Waals surface area contributed by atoms with Crippen molar-refractivity contribution >= 4 is 45.4 Å². The largest absolute Gasteiger partial charge is 0.493 e. The molecule has 5 rings (SSSR count). The van der Waals surface area contributed by atoms with E-state index in [1.165, 1.54) is 29.2 Å². The summed E-state index contributed by atoms with van der Waals surface area (Å²) in [7, 11) is 3.24. The molecule has 0 bridgehead atoms. The molecule has 0 aliphatic heterocycles. The molecule has 146 valence electrons. The van der Waals surface area contributed by atoms with Gasteiger partial charge in [0, 0.05) is 22.5 Å². The molecule has 0 saturated heterocycles. The lowest BCUT2D eigenvalue weighted by Crippen LogP contribution is -2.00. The highest BCUT2D eigenvalue weighted by Crippen LogP contribution is 2.44. The van der Waals surface area contributed by atoms with Crippen molar-refractivity contribution in [1.82, 2.24) is 9.97 Å². The van der Waals surface area contributed by atoms with Crippen LogP contribution in [0.3, 0.4) is 0 Å². The molecule has 0 amide bonds. The second-order valence-corrected chi connectivity index (χ2v) is 7.68. The van der Waals surface area contributed by atoms with Gasteiger partial charge in [0.2, 0.25) is 0 Å². The Morgan fingerprint density at radius 2 is 1.69 bits per heavy atom. The minimum Gasteiger partial charge on any atom is -0.493 e. The van der Waals surface area contributed by atoms with Crippen molar-refractivity contribution in [3.05, 3.63) is 58.9 Å². The molecule has 1 fully saturated rings. The molecule has 0 radical (unpaired) electrons. The minimum atomic E-state index is 0.408. The van der Waals surface area contributed by atoms with E-state index >= 15 is 0 Å². The molecule has 0 atom stereocenters. The van der Waals surface area contributed by atoms with Gasteiger partial charge >= 0.3 is 0 Å². The third kappa shape index (κ3) is 3.19. The van der Waals surface area contributed by atoms with Crippen LogP contribution in [-0.2, 0) is 0 Å². The zero-order valence-electron chi connectivity index (χ0n) is 16.3. The fourth-order valence-corrected chi connectivity index (χ4v) is 4.09. The summed E-state index contributed by atoms with van der Waals surface area (Å²) in [6.45, 7) is 0. The summed E-state index contributed by atoms with van der Waals surface area (Å²) in [5.74, 6) is 2.66. The van der Waals surface area contributed by atoms with E-state index in [0.29, 0.717) is 28.0 Å². The molecular formula is C23H21N3O2S. The molecule has 1 aliphatic rings. The number of hydrogen-bond acceptors (Lipinski definition) is 5. The lowest BCUT2D eigenvalue weighted by atomic mass is 9.99. The molecule has 0 spiro atoms. The molecule has 2 N–H and O–H groups in total.